The van der Waals surface area contributed by atoms with Gasteiger partial charge >= 0.3 is 12.1 Å². The smallest absolute Gasteiger partial charge is 0.407 e. The summed E-state index contributed by atoms with van der Waals surface area (Å²) in [6.07, 6.45) is 12.6. The van der Waals surface area contributed by atoms with E-state index in [1.165, 1.54) is 51.4 Å². The number of alkyl carbamates (subject to hydrolysis) is 1. The summed E-state index contributed by atoms with van der Waals surface area (Å²) in [7, 11) is 0. The summed E-state index contributed by atoms with van der Waals surface area (Å²) in [6, 6.07) is 0. The topological polar surface area (TPSA) is 108 Å². The van der Waals surface area contributed by atoms with E-state index in [0.717, 1.165) is 38.9 Å². The van der Waals surface area contributed by atoms with E-state index >= 15 is 0 Å². The van der Waals surface area contributed by atoms with Gasteiger partial charge in [0.1, 0.15) is 12.2 Å². The summed E-state index contributed by atoms with van der Waals surface area (Å²) in [6.45, 7) is 9.10. The van der Waals surface area contributed by atoms with Gasteiger partial charge in [-0.25, -0.2) is 4.79 Å². The number of carbonyl (C=O) groups excluding carboxylic acids is 2. The van der Waals surface area contributed by atoms with Crippen LogP contribution in [0.25, 0.3) is 0 Å². The Morgan fingerprint density at radius 1 is 0.743 bits per heavy atom. The third kappa shape index (κ3) is 20.5. The predicted molar refractivity (Wildman–Crippen MR) is 140 cm³/mol. The molecule has 3 N–H and O–H groups in total. The number of esters is 1. The van der Waals surface area contributed by atoms with Crippen molar-refractivity contribution in [2.75, 3.05) is 39.4 Å². The molecule has 1 atom stereocenters. The van der Waals surface area contributed by atoms with Gasteiger partial charge in [-0.2, -0.15) is 0 Å². The Hall–Kier alpha value is -1.38. The number of rotatable bonds is 24. The predicted octanol–water partition coefficient (Wildman–Crippen LogP) is 4.80. The number of nitrogens with one attached hydrogen (secondary N) is 1. The van der Waals surface area contributed by atoms with Gasteiger partial charge in [0, 0.05) is 13.0 Å². The molecule has 0 bridgehead atoms. The Morgan fingerprint density at radius 3 is 1.86 bits per heavy atom. The van der Waals surface area contributed by atoms with Crippen LogP contribution in [-0.4, -0.2) is 78.8 Å². The average molecular weight is 503 g/mol. The first-order valence-electron chi connectivity index (χ1n) is 14.1. The summed E-state index contributed by atoms with van der Waals surface area (Å²) in [5, 5.41) is 21.0. The minimum absolute atomic E-state index is 0.0775. The van der Waals surface area contributed by atoms with Crippen molar-refractivity contribution in [3.05, 3.63) is 0 Å². The van der Waals surface area contributed by atoms with Gasteiger partial charge in [0.2, 0.25) is 0 Å². The zero-order valence-corrected chi connectivity index (χ0v) is 22.8. The zero-order chi connectivity index (χ0) is 26.2. The Labute approximate surface area is 214 Å². The highest BCUT2D eigenvalue weighted by molar-refractivity contribution is 5.70. The highest BCUT2D eigenvalue weighted by Gasteiger charge is 2.18. The van der Waals surface area contributed by atoms with Crippen LogP contribution in [0.2, 0.25) is 0 Å². The normalized spacial score (nSPS) is 12.2. The first-order chi connectivity index (χ1) is 17.0. The summed E-state index contributed by atoms with van der Waals surface area (Å²) in [4.78, 5) is 26.6. The van der Waals surface area contributed by atoms with Crippen LogP contribution in [0, 0.1) is 0 Å². The van der Waals surface area contributed by atoms with Gasteiger partial charge in [-0.05, 0) is 45.3 Å². The highest BCUT2D eigenvalue weighted by Crippen LogP contribution is 2.16. The van der Waals surface area contributed by atoms with Crippen LogP contribution in [-0.2, 0) is 14.3 Å². The number of unbranched alkanes of at least 4 members (excludes halogenated alkanes) is 9. The molecular formula is C27H54N2O6. The maximum Gasteiger partial charge on any atom is 0.407 e. The van der Waals surface area contributed by atoms with Gasteiger partial charge in [-0.1, -0.05) is 78.6 Å². The lowest BCUT2D eigenvalue weighted by molar-refractivity contribution is -0.154. The molecule has 35 heavy (non-hydrogen) atoms. The minimum atomic E-state index is -0.905. The molecule has 0 saturated carbocycles. The lowest BCUT2D eigenvalue weighted by Gasteiger charge is -2.20. The van der Waals surface area contributed by atoms with E-state index in [-0.39, 0.29) is 12.5 Å². The standard InChI is InChI=1S/C27H54N2O6/c1-4-7-8-9-10-11-12-13-14-15-17-24(18-19-26(32)34-25(22-30)23-31)35-27(33)28-20-16-21-29(5-2)6-3/h24-25,30-31H,4-23H2,1-3H3,(H,28,33). The Balaban J connectivity index is 4.35. The number of nitrogens with zero attached hydrogens (tertiary/aromatic N) is 1. The van der Waals surface area contributed by atoms with Crippen molar-refractivity contribution in [3.8, 4) is 0 Å². The fraction of sp³-hybridized carbons (Fsp3) is 0.926. The van der Waals surface area contributed by atoms with Crippen LogP contribution in [0.3, 0.4) is 0 Å². The van der Waals surface area contributed by atoms with E-state index in [2.05, 4.69) is 31.0 Å². The SMILES string of the molecule is CCCCCCCCCCCCC(CCC(=O)OC(CO)CO)OC(=O)NCCCN(CC)CC. The summed E-state index contributed by atoms with van der Waals surface area (Å²) >= 11 is 0. The van der Waals surface area contributed by atoms with Crippen LogP contribution in [0.15, 0.2) is 0 Å². The highest BCUT2D eigenvalue weighted by atomic mass is 16.6. The molecule has 0 fully saturated rings. The molecular weight excluding hydrogens is 448 g/mol. The first kappa shape index (κ1) is 33.6. The Morgan fingerprint density at radius 2 is 1.31 bits per heavy atom. The number of ether oxygens (including phenoxy) is 2. The van der Waals surface area contributed by atoms with Crippen molar-refractivity contribution in [3.63, 3.8) is 0 Å². The molecule has 0 aromatic rings. The average Bonchev–Trinajstić information content (AvgIpc) is 2.86. The summed E-state index contributed by atoms with van der Waals surface area (Å²) in [5.41, 5.74) is 0. The molecule has 8 heteroatoms. The molecule has 8 nitrogen and oxygen atoms in total. The van der Waals surface area contributed by atoms with E-state index in [4.69, 9.17) is 19.7 Å². The molecule has 208 valence electrons. The minimum Gasteiger partial charge on any atom is -0.457 e. The fourth-order valence-corrected chi connectivity index (χ4v) is 4.00. The second-order valence-corrected chi connectivity index (χ2v) is 9.32. The molecule has 1 amide bonds. The number of amides is 1. The Bertz CT molecular complexity index is 498. The monoisotopic (exact) mass is 502 g/mol. The van der Waals surface area contributed by atoms with E-state index in [9.17, 15) is 9.59 Å². The van der Waals surface area contributed by atoms with Crippen LogP contribution < -0.4 is 5.32 Å². The van der Waals surface area contributed by atoms with Gasteiger partial charge in [0.05, 0.1) is 13.2 Å². The summed E-state index contributed by atoms with van der Waals surface area (Å²) < 4.78 is 10.7. The number of hydrogen-bond acceptors (Lipinski definition) is 7. The van der Waals surface area contributed by atoms with Crippen molar-refractivity contribution in [1.29, 1.82) is 0 Å². The number of aliphatic hydroxyl groups is 2. The molecule has 0 saturated heterocycles. The molecule has 0 aliphatic rings. The largest absolute Gasteiger partial charge is 0.457 e. The fourth-order valence-electron chi connectivity index (χ4n) is 4.00. The van der Waals surface area contributed by atoms with Crippen molar-refractivity contribution in [2.45, 2.75) is 123 Å². The third-order valence-corrected chi connectivity index (χ3v) is 6.34. The number of carbonyl (C=O) groups is 2. The summed E-state index contributed by atoms with van der Waals surface area (Å²) in [5.74, 6) is -0.505. The Kier molecular flexibility index (Phi) is 23.4. The second kappa shape index (κ2) is 24.3. The van der Waals surface area contributed by atoms with Crippen LogP contribution in [0.1, 0.15) is 111 Å². The van der Waals surface area contributed by atoms with Gasteiger partial charge in [-0.3, -0.25) is 4.79 Å². The molecule has 0 aromatic heterocycles. The van der Waals surface area contributed by atoms with Crippen molar-refractivity contribution < 1.29 is 29.3 Å². The van der Waals surface area contributed by atoms with Crippen LogP contribution >= 0.6 is 0 Å². The molecule has 0 aliphatic carbocycles. The lowest BCUT2D eigenvalue weighted by atomic mass is 10.0. The van der Waals surface area contributed by atoms with Crippen molar-refractivity contribution in [1.82, 2.24) is 10.2 Å². The molecule has 0 rings (SSSR count). The van der Waals surface area contributed by atoms with E-state index < -0.39 is 31.4 Å². The number of aliphatic hydroxyl groups excluding tert-OH is 2. The zero-order valence-electron chi connectivity index (χ0n) is 22.8. The molecule has 0 spiro atoms. The van der Waals surface area contributed by atoms with Gasteiger partial charge in [0.15, 0.2) is 0 Å². The third-order valence-electron chi connectivity index (χ3n) is 6.34. The van der Waals surface area contributed by atoms with E-state index in [1.807, 2.05) is 0 Å². The van der Waals surface area contributed by atoms with E-state index in [0.29, 0.717) is 19.4 Å². The van der Waals surface area contributed by atoms with Crippen LogP contribution in [0.5, 0.6) is 0 Å². The van der Waals surface area contributed by atoms with Crippen molar-refractivity contribution >= 4 is 12.1 Å². The first-order valence-corrected chi connectivity index (χ1v) is 14.1. The van der Waals surface area contributed by atoms with Gasteiger partial charge < -0.3 is 29.9 Å². The second-order valence-electron chi connectivity index (χ2n) is 9.32. The molecule has 0 radical (unpaired) electrons. The quantitative estimate of drug-likeness (QED) is 0.128. The number of hydrogen-bond donors (Lipinski definition) is 3. The maximum absolute atomic E-state index is 12.3. The van der Waals surface area contributed by atoms with Crippen LogP contribution in [0.4, 0.5) is 4.79 Å². The molecule has 1 unspecified atom stereocenters. The molecule has 0 aromatic carbocycles. The molecule has 0 aliphatic heterocycles. The lowest BCUT2D eigenvalue weighted by Crippen LogP contribution is -2.33. The van der Waals surface area contributed by atoms with Crippen molar-refractivity contribution in [2.24, 2.45) is 0 Å². The van der Waals surface area contributed by atoms with Gasteiger partial charge in [0.25, 0.3) is 0 Å². The van der Waals surface area contributed by atoms with Gasteiger partial charge in [-0.15, -0.1) is 0 Å². The maximum atomic E-state index is 12.3. The molecule has 0 heterocycles. The van der Waals surface area contributed by atoms with E-state index in [1.54, 1.807) is 0 Å².